The molecule has 8 rings (SSSR count). The van der Waals surface area contributed by atoms with Gasteiger partial charge in [-0.05, 0) is 100 Å². The molecule has 0 fully saturated rings. The Hall–Kier alpha value is -3.87. The molecular weight excluding hydrogens is 667 g/mol. The van der Waals surface area contributed by atoms with Crippen molar-refractivity contribution in [2.24, 2.45) is 0 Å². The van der Waals surface area contributed by atoms with E-state index in [0.717, 1.165) is 4.47 Å². The molecule has 40 heavy (non-hydrogen) atoms. The lowest BCUT2D eigenvalue weighted by Crippen LogP contribution is -1.96. The summed E-state index contributed by atoms with van der Waals surface area (Å²) in [5.41, 5.74) is 9.68. The zero-order valence-corrected chi connectivity index (χ0v) is 25.1. The number of rotatable bonds is 3. The summed E-state index contributed by atoms with van der Waals surface area (Å²) in [6.07, 6.45) is 0. The average molecular weight is 689 g/mol. The third kappa shape index (κ3) is 3.66. The highest BCUT2D eigenvalue weighted by Crippen LogP contribution is 2.39. The van der Waals surface area contributed by atoms with Gasteiger partial charge in [0.25, 0.3) is 0 Å². The summed E-state index contributed by atoms with van der Waals surface area (Å²) in [6, 6.07) is 48.3. The molecule has 2 nitrogen and oxygen atoms in total. The van der Waals surface area contributed by atoms with E-state index in [-0.39, 0.29) is 0 Å². The Morgan fingerprint density at radius 1 is 0.450 bits per heavy atom. The molecule has 0 atom stereocenters. The van der Waals surface area contributed by atoms with E-state index in [1.807, 2.05) is 0 Å². The highest BCUT2D eigenvalue weighted by Gasteiger charge is 2.17. The Labute approximate surface area is 253 Å². The van der Waals surface area contributed by atoms with Crippen molar-refractivity contribution in [2.75, 3.05) is 0 Å². The van der Waals surface area contributed by atoms with Crippen molar-refractivity contribution in [3.63, 3.8) is 0 Å². The van der Waals surface area contributed by atoms with Crippen molar-refractivity contribution in [1.29, 1.82) is 0 Å². The van der Waals surface area contributed by atoms with E-state index < -0.39 is 0 Å². The van der Waals surface area contributed by atoms with Gasteiger partial charge >= 0.3 is 0 Å². The molecule has 0 unspecified atom stereocenters. The molecule has 2 aromatic heterocycles. The number of fused-ring (bicyclic) bond motifs is 6. The fourth-order valence-corrected chi connectivity index (χ4v) is 7.00. The van der Waals surface area contributed by atoms with Gasteiger partial charge in [-0.2, -0.15) is 0 Å². The zero-order valence-electron chi connectivity index (χ0n) is 21.4. The fourth-order valence-electron chi connectivity index (χ4n) is 6.08. The maximum Gasteiger partial charge on any atom is 0.0606 e. The first-order valence-corrected chi connectivity index (χ1v) is 15.1. The molecular formula is C36H22BrIN2. The summed E-state index contributed by atoms with van der Waals surface area (Å²) < 4.78 is 7.05. The molecule has 0 saturated carbocycles. The van der Waals surface area contributed by atoms with E-state index in [2.05, 4.69) is 181 Å². The van der Waals surface area contributed by atoms with Crippen LogP contribution in [0, 0.1) is 3.57 Å². The van der Waals surface area contributed by atoms with Gasteiger partial charge in [0.2, 0.25) is 0 Å². The lowest BCUT2D eigenvalue weighted by molar-refractivity contribution is 1.16. The van der Waals surface area contributed by atoms with Gasteiger partial charge in [-0.1, -0.05) is 82.7 Å². The molecule has 4 heteroatoms. The molecule has 8 aromatic rings. The monoisotopic (exact) mass is 688 g/mol. The van der Waals surface area contributed by atoms with Gasteiger partial charge in [0.1, 0.15) is 0 Å². The predicted molar refractivity (Wildman–Crippen MR) is 181 cm³/mol. The molecule has 0 aliphatic heterocycles. The number of halogens is 2. The quantitative estimate of drug-likeness (QED) is 0.164. The normalized spacial score (nSPS) is 11.8. The number of hydrogen-bond donors (Lipinski definition) is 0. The Balaban J connectivity index is 1.36. The molecule has 0 saturated heterocycles. The largest absolute Gasteiger partial charge is 0.309 e. The van der Waals surface area contributed by atoms with Crippen LogP contribution < -0.4 is 0 Å². The summed E-state index contributed by atoms with van der Waals surface area (Å²) >= 11 is 6.12. The molecule has 0 radical (unpaired) electrons. The molecule has 0 bridgehead atoms. The maximum atomic E-state index is 3.69. The average Bonchev–Trinajstić information content (AvgIpc) is 3.51. The van der Waals surface area contributed by atoms with Gasteiger partial charge in [-0.25, -0.2) is 0 Å². The SMILES string of the molecule is Brc1ccc(I)c(-n2c3ccccc3c3cc(-c4ccc5c(c4)c4ccccc4n5-c4ccccc4)ccc32)c1. The lowest BCUT2D eigenvalue weighted by Gasteiger charge is -2.11. The Morgan fingerprint density at radius 3 is 1.62 bits per heavy atom. The summed E-state index contributed by atoms with van der Waals surface area (Å²) in [4.78, 5) is 0. The molecule has 0 N–H and O–H groups in total. The van der Waals surface area contributed by atoms with Crippen LogP contribution in [0.2, 0.25) is 0 Å². The van der Waals surface area contributed by atoms with Crippen LogP contribution >= 0.6 is 38.5 Å². The highest BCUT2D eigenvalue weighted by atomic mass is 127. The molecule has 0 aliphatic rings. The van der Waals surface area contributed by atoms with Crippen LogP contribution in [0.1, 0.15) is 0 Å². The van der Waals surface area contributed by atoms with E-state index in [1.165, 1.54) is 69.7 Å². The summed E-state index contributed by atoms with van der Waals surface area (Å²) in [5, 5.41) is 5.06. The van der Waals surface area contributed by atoms with Gasteiger partial charge in [0.15, 0.2) is 0 Å². The molecule has 2 heterocycles. The minimum absolute atomic E-state index is 1.08. The van der Waals surface area contributed by atoms with Crippen molar-refractivity contribution in [3.8, 4) is 22.5 Å². The summed E-state index contributed by atoms with van der Waals surface area (Å²) in [7, 11) is 0. The Kier molecular flexibility index (Phi) is 5.61. The summed E-state index contributed by atoms with van der Waals surface area (Å²) in [6.45, 7) is 0. The third-order valence-corrected chi connectivity index (χ3v) is 9.25. The van der Waals surface area contributed by atoms with Crippen molar-refractivity contribution in [3.05, 3.63) is 142 Å². The predicted octanol–water partition coefficient (Wildman–Crippen LogP) is 10.9. The van der Waals surface area contributed by atoms with E-state index in [4.69, 9.17) is 0 Å². The number of para-hydroxylation sites is 3. The Morgan fingerprint density at radius 2 is 0.975 bits per heavy atom. The van der Waals surface area contributed by atoms with Gasteiger partial charge in [-0.15, -0.1) is 0 Å². The number of hydrogen-bond acceptors (Lipinski definition) is 0. The van der Waals surface area contributed by atoms with Gasteiger partial charge < -0.3 is 9.13 Å². The number of nitrogens with zero attached hydrogens (tertiary/aromatic N) is 2. The summed E-state index contributed by atoms with van der Waals surface area (Å²) in [5.74, 6) is 0. The van der Waals surface area contributed by atoms with Crippen LogP contribution in [0.25, 0.3) is 66.1 Å². The number of aromatic nitrogens is 2. The van der Waals surface area contributed by atoms with Crippen LogP contribution in [0.15, 0.2) is 138 Å². The standard InChI is InChI=1S/C36H22BrIN2/c37-25-16-17-31(38)36(22-25)40-33-13-7-5-11-28(33)30-21-24(15-19-35(30)40)23-14-18-34-29(20-23)27-10-4-6-12-32(27)39(34)26-8-2-1-3-9-26/h1-22H. The van der Waals surface area contributed by atoms with Gasteiger partial charge in [0, 0.05) is 35.3 Å². The first-order valence-electron chi connectivity index (χ1n) is 13.2. The molecule has 190 valence electrons. The van der Waals surface area contributed by atoms with Crippen LogP contribution in [0.5, 0.6) is 0 Å². The van der Waals surface area contributed by atoms with Crippen LogP contribution in [0.3, 0.4) is 0 Å². The van der Waals surface area contributed by atoms with Gasteiger partial charge in [-0.3, -0.25) is 0 Å². The second-order valence-corrected chi connectivity index (χ2v) is 12.2. The van der Waals surface area contributed by atoms with Gasteiger partial charge in [0.05, 0.1) is 27.8 Å². The fraction of sp³-hybridized carbons (Fsp3) is 0. The number of benzene rings is 6. The van der Waals surface area contributed by atoms with E-state index >= 15 is 0 Å². The zero-order chi connectivity index (χ0) is 26.8. The van der Waals surface area contributed by atoms with Crippen LogP contribution in [0.4, 0.5) is 0 Å². The molecule has 0 amide bonds. The second kappa shape index (κ2) is 9.36. The molecule has 6 aromatic carbocycles. The first-order chi connectivity index (χ1) is 19.7. The minimum atomic E-state index is 1.08. The first kappa shape index (κ1) is 24.0. The third-order valence-electron chi connectivity index (χ3n) is 7.84. The van der Waals surface area contributed by atoms with E-state index in [0.29, 0.717) is 0 Å². The van der Waals surface area contributed by atoms with Crippen molar-refractivity contribution in [1.82, 2.24) is 9.13 Å². The molecule has 0 aliphatic carbocycles. The van der Waals surface area contributed by atoms with Crippen LogP contribution in [-0.4, -0.2) is 9.13 Å². The highest BCUT2D eigenvalue weighted by molar-refractivity contribution is 14.1. The maximum absolute atomic E-state index is 3.69. The van der Waals surface area contributed by atoms with Crippen LogP contribution in [-0.2, 0) is 0 Å². The van der Waals surface area contributed by atoms with E-state index in [1.54, 1.807) is 0 Å². The van der Waals surface area contributed by atoms with Crippen molar-refractivity contribution < 1.29 is 0 Å². The lowest BCUT2D eigenvalue weighted by atomic mass is 10.0. The minimum Gasteiger partial charge on any atom is -0.309 e. The topological polar surface area (TPSA) is 9.86 Å². The second-order valence-electron chi connectivity index (χ2n) is 10.1. The van der Waals surface area contributed by atoms with E-state index in [9.17, 15) is 0 Å². The smallest absolute Gasteiger partial charge is 0.0606 e. The molecule has 0 spiro atoms. The van der Waals surface area contributed by atoms with Crippen molar-refractivity contribution >= 4 is 82.1 Å². The Bertz CT molecular complexity index is 2240. The van der Waals surface area contributed by atoms with Crippen molar-refractivity contribution in [2.45, 2.75) is 0 Å².